The minimum Gasteiger partial charge on any atom is -0.396 e. The number of anilines is 1. The summed E-state index contributed by atoms with van der Waals surface area (Å²) in [5, 5.41) is 12.0. The fourth-order valence-corrected chi connectivity index (χ4v) is 2.74. The zero-order valence-electron chi connectivity index (χ0n) is 12.3. The maximum atomic E-state index is 12.1. The van der Waals surface area contributed by atoms with Crippen LogP contribution in [0.3, 0.4) is 0 Å². The van der Waals surface area contributed by atoms with Crippen LogP contribution >= 0.6 is 0 Å². The summed E-state index contributed by atoms with van der Waals surface area (Å²) in [4.78, 5) is 25.7. The summed E-state index contributed by atoms with van der Waals surface area (Å²) in [6.45, 7) is 3.58. The van der Waals surface area contributed by atoms with Crippen molar-refractivity contribution in [2.24, 2.45) is 5.92 Å². The average Bonchev–Trinajstić information content (AvgIpc) is 2.47. The van der Waals surface area contributed by atoms with Gasteiger partial charge in [-0.1, -0.05) is 12.1 Å². The van der Waals surface area contributed by atoms with Gasteiger partial charge in [0.2, 0.25) is 5.91 Å². The molecule has 0 bridgehead atoms. The van der Waals surface area contributed by atoms with E-state index in [1.807, 2.05) is 0 Å². The smallest absolute Gasteiger partial charge is 0.238 e. The third-order valence-electron chi connectivity index (χ3n) is 3.81. The molecule has 0 saturated carbocycles. The minimum absolute atomic E-state index is 0.0655. The molecule has 0 aromatic heterocycles. The van der Waals surface area contributed by atoms with Crippen LogP contribution in [-0.2, 0) is 4.79 Å². The summed E-state index contributed by atoms with van der Waals surface area (Å²) in [5.74, 6) is 0.0718. The van der Waals surface area contributed by atoms with Crippen molar-refractivity contribution in [1.82, 2.24) is 4.90 Å². The van der Waals surface area contributed by atoms with Crippen LogP contribution in [0.5, 0.6) is 0 Å². The van der Waals surface area contributed by atoms with E-state index < -0.39 is 0 Å². The number of likely N-dealkylation sites (tertiary alicyclic amines) is 1. The molecule has 1 heterocycles. The number of benzene rings is 1. The van der Waals surface area contributed by atoms with E-state index in [4.69, 9.17) is 0 Å². The first-order valence-corrected chi connectivity index (χ1v) is 7.33. The molecule has 1 unspecified atom stereocenters. The van der Waals surface area contributed by atoms with Gasteiger partial charge in [0.1, 0.15) is 0 Å². The Hall–Kier alpha value is -1.72. The normalized spacial score (nSPS) is 19.2. The van der Waals surface area contributed by atoms with Crippen molar-refractivity contribution in [2.75, 3.05) is 31.6 Å². The van der Waals surface area contributed by atoms with Crippen LogP contribution in [0.4, 0.5) is 5.69 Å². The van der Waals surface area contributed by atoms with Gasteiger partial charge in [0.15, 0.2) is 5.78 Å². The largest absolute Gasteiger partial charge is 0.396 e. The topological polar surface area (TPSA) is 69.6 Å². The third kappa shape index (κ3) is 4.37. The number of carbonyl (C=O) groups is 2. The average molecular weight is 290 g/mol. The molecule has 1 aromatic rings. The predicted octanol–water partition coefficient (Wildman–Crippen LogP) is 1.53. The van der Waals surface area contributed by atoms with E-state index in [-0.39, 0.29) is 24.2 Å². The summed E-state index contributed by atoms with van der Waals surface area (Å²) >= 11 is 0. The number of hydrogen-bond donors (Lipinski definition) is 2. The molecule has 1 atom stereocenters. The Bertz CT molecular complexity index is 516. The summed E-state index contributed by atoms with van der Waals surface area (Å²) in [6.07, 6.45) is 2.02. The van der Waals surface area contributed by atoms with Crippen molar-refractivity contribution in [3.05, 3.63) is 29.8 Å². The molecule has 1 aliphatic heterocycles. The number of ketones is 1. The molecule has 114 valence electrons. The second kappa shape index (κ2) is 7.33. The van der Waals surface area contributed by atoms with Crippen molar-refractivity contribution >= 4 is 17.4 Å². The third-order valence-corrected chi connectivity index (χ3v) is 3.81. The number of hydrogen-bond acceptors (Lipinski definition) is 4. The number of Topliss-reactive ketones (excluding diaryl/α,β-unsaturated/α-hetero) is 1. The molecule has 0 radical (unpaired) electrons. The molecule has 2 rings (SSSR count). The lowest BCUT2D eigenvalue weighted by Crippen LogP contribution is -2.41. The Morgan fingerprint density at radius 1 is 1.38 bits per heavy atom. The first-order chi connectivity index (χ1) is 10.1. The lowest BCUT2D eigenvalue weighted by Gasteiger charge is -2.31. The molecule has 5 nitrogen and oxygen atoms in total. The van der Waals surface area contributed by atoms with Gasteiger partial charge in [0.25, 0.3) is 0 Å². The number of aliphatic hydroxyl groups is 1. The molecule has 2 N–H and O–H groups in total. The van der Waals surface area contributed by atoms with Crippen molar-refractivity contribution in [2.45, 2.75) is 19.8 Å². The number of aliphatic hydroxyl groups excluding tert-OH is 1. The maximum absolute atomic E-state index is 12.1. The minimum atomic E-state index is -0.123. The fourth-order valence-electron chi connectivity index (χ4n) is 2.74. The van der Waals surface area contributed by atoms with Gasteiger partial charge in [-0.2, -0.15) is 0 Å². The van der Waals surface area contributed by atoms with E-state index >= 15 is 0 Å². The number of nitrogens with zero attached hydrogens (tertiary/aromatic N) is 1. The second-order valence-electron chi connectivity index (χ2n) is 5.58. The van der Waals surface area contributed by atoms with E-state index in [1.54, 1.807) is 24.3 Å². The Balaban J connectivity index is 1.94. The number of carbonyl (C=O) groups excluding carboxylic acids is 2. The first-order valence-electron chi connectivity index (χ1n) is 7.33. The molecular weight excluding hydrogens is 268 g/mol. The SMILES string of the molecule is CC(=O)c1ccccc1NC(=O)CN1CCCC(CO)C1. The van der Waals surface area contributed by atoms with Crippen LogP contribution < -0.4 is 5.32 Å². The summed E-state index contributed by atoms with van der Waals surface area (Å²) in [5.41, 5.74) is 1.09. The van der Waals surface area contributed by atoms with E-state index in [0.717, 1.165) is 25.9 Å². The highest BCUT2D eigenvalue weighted by Gasteiger charge is 2.21. The molecule has 1 saturated heterocycles. The van der Waals surface area contributed by atoms with Gasteiger partial charge >= 0.3 is 0 Å². The number of piperidine rings is 1. The van der Waals surface area contributed by atoms with Gasteiger partial charge in [0, 0.05) is 18.7 Å². The Labute approximate surface area is 125 Å². The highest BCUT2D eigenvalue weighted by molar-refractivity contribution is 6.04. The molecule has 5 heteroatoms. The highest BCUT2D eigenvalue weighted by atomic mass is 16.3. The fraction of sp³-hybridized carbons (Fsp3) is 0.500. The summed E-state index contributed by atoms with van der Waals surface area (Å²) in [7, 11) is 0. The van der Waals surface area contributed by atoms with Crippen LogP contribution in [0.15, 0.2) is 24.3 Å². The molecule has 1 amide bonds. The number of amides is 1. The zero-order chi connectivity index (χ0) is 15.2. The van der Waals surface area contributed by atoms with Crippen molar-refractivity contribution < 1.29 is 14.7 Å². The number of rotatable bonds is 5. The quantitative estimate of drug-likeness (QED) is 0.807. The maximum Gasteiger partial charge on any atom is 0.238 e. The van der Waals surface area contributed by atoms with E-state index in [0.29, 0.717) is 17.8 Å². The number of para-hydroxylation sites is 1. The second-order valence-corrected chi connectivity index (χ2v) is 5.58. The summed E-state index contributed by atoms with van der Waals surface area (Å²) < 4.78 is 0. The van der Waals surface area contributed by atoms with Crippen molar-refractivity contribution in [3.63, 3.8) is 0 Å². The van der Waals surface area contributed by atoms with Crippen LogP contribution in [-0.4, -0.2) is 47.9 Å². The first kappa shape index (κ1) is 15.7. The molecule has 1 aliphatic rings. The van der Waals surface area contributed by atoms with E-state index in [9.17, 15) is 14.7 Å². The van der Waals surface area contributed by atoms with Crippen LogP contribution in [0, 0.1) is 5.92 Å². The predicted molar refractivity (Wildman–Crippen MR) is 81.3 cm³/mol. The molecular formula is C16H22N2O3. The monoisotopic (exact) mass is 290 g/mol. The molecule has 0 aliphatic carbocycles. The molecule has 21 heavy (non-hydrogen) atoms. The number of nitrogens with one attached hydrogen (secondary N) is 1. The van der Waals surface area contributed by atoms with Crippen molar-refractivity contribution in [1.29, 1.82) is 0 Å². The lowest BCUT2D eigenvalue weighted by atomic mass is 9.99. The lowest BCUT2D eigenvalue weighted by molar-refractivity contribution is -0.117. The zero-order valence-corrected chi connectivity index (χ0v) is 12.3. The van der Waals surface area contributed by atoms with Gasteiger partial charge in [0.05, 0.1) is 12.2 Å². The van der Waals surface area contributed by atoms with Gasteiger partial charge < -0.3 is 10.4 Å². The Kier molecular flexibility index (Phi) is 5.47. The van der Waals surface area contributed by atoms with Crippen LogP contribution in [0.2, 0.25) is 0 Å². The van der Waals surface area contributed by atoms with Gasteiger partial charge in [-0.05, 0) is 44.4 Å². The van der Waals surface area contributed by atoms with Gasteiger partial charge in [-0.3, -0.25) is 14.5 Å². The highest BCUT2D eigenvalue weighted by Crippen LogP contribution is 2.17. The summed E-state index contributed by atoms with van der Waals surface area (Å²) in [6, 6.07) is 7.02. The molecule has 0 spiro atoms. The van der Waals surface area contributed by atoms with Crippen LogP contribution in [0.25, 0.3) is 0 Å². The standard InChI is InChI=1S/C16H22N2O3/c1-12(20)14-6-2-3-7-15(14)17-16(21)10-18-8-4-5-13(9-18)11-19/h2-3,6-7,13,19H,4-5,8-11H2,1H3,(H,17,21). The van der Waals surface area contributed by atoms with E-state index in [2.05, 4.69) is 10.2 Å². The van der Waals surface area contributed by atoms with Gasteiger partial charge in [-0.25, -0.2) is 0 Å². The van der Waals surface area contributed by atoms with E-state index in [1.165, 1.54) is 6.92 Å². The van der Waals surface area contributed by atoms with Crippen molar-refractivity contribution in [3.8, 4) is 0 Å². The van der Waals surface area contributed by atoms with Crippen LogP contribution in [0.1, 0.15) is 30.1 Å². The molecule has 1 aromatic carbocycles. The molecule has 1 fully saturated rings. The Morgan fingerprint density at radius 2 is 2.14 bits per heavy atom. The van der Waals surface area contributed by atoms with Gasteiger partial charge in [-0.15, -0.1) is 0 Å². The Morgan fingerprint density at radius 3 is 2.86 bits per heavy atom.